The zero-order valence-corrected chi connectivity index (χ0v) is 14.9. The molecular formula is C21H25N3O2. The van der Waals surface area contributed by atoms with E-state index in [2.05, 4.69) is 22.4 Å². The van der Waals surface area contributed by atoms with Crippen LogP contribution >= 0.6 is 0 Å². The molecule has 5 nitrogen and oxygen atoms in total. The van der Waals surface area contributed by atoms with Crippen molar-refractivity contribution in [2.45, 2.75) is 44.6 Å². The minimum absolute atomic E-state index is 0.0296. The first kappa shape index (κ1) is 18.1. The Balaban J connectivity index is 1.69. The SMILES string of the molecule is NC(=O)c1ccc(CC(=O)NC(c2ccccc2)C2CCCCC2)cn1. The molecule has 0 saturated heterocycles. The van der Waals surface area contributed by atoms with E-state index in [0.29, 0.717) is 5.92 Å². The van der Waals surface area contributed by atoms with Crippen molar-refractivity contribution in [3.05, 3.63) is 65.5 Å². The monoisotopic (exact) mass is 351 g/mol. The van der Waals surface area contributed by atoms with Crippen molar-refractivity contribution in [2.24, 2.45) is 11.7 Å². The van der Waals surface area contributed by atoms with E-state index in [4.69, 9.17) is 5.73 Å². The van der Waals surface area contributed by atoms with Gasteiger partial charge in [0.05, 0.1) is 12.5 Å². The van der Waals surface area contributed by atoms with Gasteiger partial charge in [0.15, 0.2) is 0 Å². The maximum atomic E-state index is 12.6. The van der Waals surface area contributed by atoms with Crippen LogP contribution in [0.1, 0.15) is 59.8 Å². The lowest BCUT2D eigenvalue weighted by atomic mass is 9.81. The molecule has 2 amide bonds. The number of hydrogen-bond acceptors (Lipinski definition) is 3. The molecule has 136 valence electrons. The highest BCUT2D eigenvalue weighted by Crippen LogP contribution is 2.34. The highest BCUT2D eigenvalue weighted by atomic mass is 16.2. The standard InChI is InChI=1S/C21H25N3O2/c22-21(26)18-12-11-15(14-23-18)13-19(25)24-20(16-7-3-1-4-8-16)17-9-5-2-6-10-17/h1,3-4,7-8,11-12,14,17,20H,2,5-6,9-10,13H2,(H2,22,26)(H,24,25). The number of carbonyl (C=O) groups is 2. The average Bonchev–Trinajstić information content (AvgIpc) is 2.68. The third-order valence-corrected chi connectivity index (χ3v) is 5.04. The summed E-state index contributed by atoms with van der Waals surface area (Å²) in [5.74, 6) is -0.119. The lowest BCUT2D eigenvalue weighted by molar-refractivity contribution is -0.121. The minimum atomic E-state index is -0.567. The van der Waals surface area contributed by atoms with Gasteiger partial charge in [0.25, 0.3) is 5.91 Å². The molecule has 0 bridgehead atoms. The number of nitrogens with zero attached hydrogens (tertiary/aromatic N) is 1. The van der Waals surface area contributed by atoms with Crippen LogP contribution in [0, 0.1) is 5.92 Å². The summed E-state index contributed by atoms with van der Waals surface area (Å²) in [5.41, 5.74) is 7.33. The van der Waals surface area contributed by atoms with E-state index in [1.165, 1.54) is 25.5 Å². The number of hydrogen-bond donors (Lipinski definition) is 2. The zero-order valence-electron chi connectivity index (χ0n) is 14.9. The van der Waals surface area contributed by atoms with Gasteiger partial charge in [-0.3, -0.25) is 14.6 Å². The highest BCUT2D eigenvalue weighted by Gasteiger charge is 2.26. The Bertz CT molecular complexity index is 738. The zero-order chi connectivity index (χ0) is 18.4. The average molecular weight is 351 g/mol. The van der Waals surface area contributed by atoms with Crippen LogP contribution in [0.4, 0.5) is 0 Å². The topological polar surface area (TPSA) is 85.1 Å². The summed E-state index contributed by atoms with van der Waals surface area (Å²) in [5, 5.41) is 3.23. The molecule has 1 aliphatic rings. The molecule has 0 spiro atoms. The molecule has 26 heavy (non-hydrogen) atoms. The second kappa shape index (κ2) is 8.61. The van der Waals surface area contributed by atoms with Gasteiger partial charge in [-0.25, -0.2) is 0 Å². The molecule has 2 aromatic rings. The van der Waals surface area contributed by atoms with Crippen molar-refractivity contribution >= 4 is 11.8 Å². The fourth-order valence-corrected chi connectivity index (χ4v) is 3.69. The number of aromatic nitrogens is 1. The number of benzene rings is 1. The molecule has 1 heterocycles. The predicted molar refractivity (Wildman–Crippen MR) is 100 cm³/mol. The molecule has 1 aromatic carbocycles. The third-order valence-electron chi connectivity index (χ3n) is 5.04. The maximum Gasteiger partial charge on any atom is 0.267 e. The van der Waals surface area contributed by atoms with E-state index in [0.717, 1.165) is 24.0 Å². The Hall–Kier alpha value is -2.69. The number of carbonyl (C=O) groups excluding carboxylic acids is 2. The molecule has 1 saturated carbocycles. The normalized spacial score (nSPS) is 16.0. The fourth-order valence-electron chi connectivity index (χ4n) is 3.69. The van der Waals surface area contributed by atoms with Gasteiger partial charge in [-0.1, -0.05) is 55.7 Å². The van der Waals surface area contributed by atoms with Crippen LogP contribution in [0.3, 0.4) is 0 Å². The lowest BCUT2D eigenvalue weighted by Crippen LogP contribution is -2.35. The largest absolute Gasteiger partial charge is 0.364 e. The number of pyridine rings is 1. The van der Waals surface area contributed by atoms with Crippen LogP contribution in [-0.2, 0) is 11.2 Å². The second-order valence-electron chi connectivity index (χ2n) is 6.95. The quantitative estimate of drug-likeness (QED) is 0.838. The minimum Gasteiger partial charge on any atom is -0.364 e. The number of nitrogens with one attached hydrogen (secondary N) is 1. The number of primary amides is 1. The first-order valence-corrected chi connectivity index (χ1v) is 9.22. The Morgan fingerprint density at radius 2 is 1.81 bits per heavy atom. The van der Waals surface area contributed by atoms with Gasteiger partial charge in [-0.15, -0.1) is 0 Å². The Morgan fingerprint density at radius 3 is 2.42 bits per heavy atom. The van der Waals surface area contributed by atoms with E-state index >= 15 is 0 Å². The van der Waals surface area contributed by atoms with Crippen LogP contribution in [-0.4, -0.2) is 16.8 Å². The molecule has 5 heteroatoms. The Kier molecular flexibility index (Phi) is 6.00. The first-order chi connectivity index (χ1) is 12.6. The highest BCUT2D eigenvalue weighted by molar-refractivity contribution is 5.90. The number of amides is 2. The lowest BCUT2D eigenvalue weighted by Gasteiger charge is -2.31. The van der Waals surface area contributed by atoms with Crippen molar-refractivity contribution in [2.75, 3.05) is 0 Å². The smallest absolute Gasteiger partial charge is 0.267 e. The van der Waals surface area contributed by atoms with Crippen LogP contribution in [0.2, 0.25) is 0 Å². The van der Waals surface area contributed by atoms with Crippen LogP contribution in [0.25, 0.3) is 0 Å². The molecule has 1 fully saturated rings. The van der Waals surface area contributed by atoms with Gasteiger partial charge in [0, 0.05) is 6.20 Å². The van der Waals surface area contributed by atoms with Crippen LogP contribution in [0.15, 0.2) is 48.7 Å². The van der Waals surface area contributed by atoms with E-state index in [1.54, 1.807) is 12.1 Å². The summed E-state index contributed by atoms with van der Waals surface area (Å²) < 4.78 is 0. The Morgan fingerprint density at radius 1 is 1.08 bits per heavy atom. The van der Waals surface area contributed by atoms with Gasteiger partial charge in [-0.05, 0) is 36.0 Å². The summed E-state index contributed by atoms with van der Waals surface area (Å²) in [7, 11) is 0. The summed E-state index contributed by atoms with van der Waals surface area (Å²) >= 11 is 0. The Labute approximate surface area is 154 Å². The van der Waals surface area contributed by atoms with Crippen molar-refractivity contribution in [1.29, 1.82) is 0 Å². The first-order valence-electron chi connectivity index (χ1n) is 9.22. The fraction of sp³-hybridized carbons (Fsp3) is 0.381. The maximum absolute atomic E-state index is 12.6. The molecule has 1 aromatic heterocycles. The van der Waals surface area contributed by atoms with Crippen molar-refractivity contribution in [3.63, 3.8) is 0 Å². The van der Waals surface area contributed by atoms with Crippen LogP contribution < -0.4 is 11.1 Å². The summed E-state index contributed by atoms with van der Waals surface area (Å²) in [6.07, 6.45) is 7.80. The van der Waals surface area contributed by atoms with Gasteiger partial charge in [-0.2, -0.15) is 0 Å². The van der Waals surface area contributed by atoms with Crippen molar-refractivity contribution in [1.82, 2.24) is 10.3 Å². The second-order valence-corrected chi connectivity index (χ2v) is 6.95. The van der Waals surface area contributed by atoms with Gasteiger partial charge in [0.2, 0.25) is 5.91 Å². The van der Waals surface area contributed by atoms with Crippen LogP contribution in [0.5, 0.6) is 0 Å². The third kappa shape index (κ3) is 4.69. The molecule has 1 atom stereocenters. The molecule has 3 rings (SSSR count). The summed E-state index contributed by atoms with van der Waals surface area (Å²) in [4.78, 5) is 27.7. The molecule has 3 N–H and O–H groups in total. The van der Waals surface area contributed by atoms with Gasteiger partial charge < -0.3 is 11.1 Å². The van der Waals surface area contributed by atoms with E-state index in [-0.39, 0.29) is 24.1 Å². The van der Waals surface area contributed by atoms with Gasteiger partial charge >= 0.3 is 0 Å². The van der Waals surface area contributed by atoms with E-state index in [9.17, 15) is 9.59 Å². The molecule has 0 radical (unpaired) electrons. The molecule has 0 aliphatic heterocycles. The number of rotatable bonds is 6. The van der Waals surface area contributed by atoms with Crippen molar-refractivity contribution in [3.8, 4) is 0 Å². The van der Waals surface area contributed by atoms with Gasteiger partial charge in [0.1, 0.15) is 5.69 Å². The van der Waals surface area contributed by atoms with E-state index < -0.39 is 5.91 Å². The molecular weight excluding hydrogens is 326 g/mol. The number of nitrogens with two attached hydrogens (primary N) is 1. The predicted octanol–water partition coefficient (Wildman–Crippen LogP) is 3.16. The summed E-state index contributed by atoms with van der Waals surface area (Å²) in [6.45, 7) is 0. The molecule has 1 aliphatic carbocycles. The van der Waals surface area contributed by atoms with E-state index in [1.807, 2.05) is 18.2 Å². The molecule has 1 unspecified atom stereocenters. The summed E-state index contributed by atoms with van der Waals surface area (Å²) in [6, 6.07) is 13.5. The van der Waals surface area contributed by atoms with Crippen molar-refractivity contribution < 1.29 is 9.59 Å².